The van der Waals surface area contributed by atoms with Gasteiger partial charge >= 0.3 is 5.95 Å². The molecule has 0 unspecified atom stereocenters. The molecule has 16 heavy (non-hydrogen) atoms. The van der Waals surface area contributed by atoms with Crippen LogP contribution in [-0.4, -0.2) is 39.2 Å². The maximum Gasteiger partial charge on any atom is 0.490 e. The highest BCUT2D eigenvalue weighted by Gasteiger charge is 2.17. The summed E-state index contributed by atoms with van der Waals surface area (Å²) in [5.41, 5.74) is 0. The van der Waals surface area contributed by atoms with Crippen LogP contribution in [0, 0.1) is 10.1 Å². The normalized spacial score (nSPS) is 10.9. The second-order valence-corrected chi connectivity index (χ2v) is 2.86. The highest BCUT2D eigenvalue weighted by molar-refractivity contribution is 4.96. The second kappa shape index (κ2) is 6.13. The Bertz CT molecular complexity index is 335. The van der Waals surface area contributed by atoms with E-state index in [2.05, 4.69) is 10.1 Å². The number of aromatic nitrogens is 3. The molecular formula is C8H14N4O4. The summed E-state index contributed by atoms with van der Waals surface area (Å²) in [7, 11) is 0. The van der Waals surface area contributed by atoms with Gasteiger partial charge in [0, 0.05) is 18.3 Å². The van der Waals surface area contributed by atoms with E-state index in [4.69, 9.17) is 9.47 Å². The molecule has 1 rings (SSSR count). The van der Waals surface area contributed by atoms with Gasteiger partial charge in [-0.1, -0.05) is 4.98 Å². The summed E-state index contributed by atoms with van der Waals surface area (Å²) in [6, 6.07) is 0. The van der Waals surface area contributed by atoms with Crippen molar-refractivity contribution in [3.8, 4) is 0 Å². The minimum atomic E-state index is -0.646. The molecule has 90 valence electrons. The lowest BCUT2D eigenvalue weighted by molar-refractivity contribution is -0.394. The van der Waals surface area contributed by atoms with Gasteiger partial charge in [-0.05, 0) is 18.8 Å². The lowest BCUT2D eigenvalue weighted by Gasteiger charge is -2.14. The second-order valence-electron chi connectivity index (χ2n) is 2.86. The molecule has 8 heteroatoms. The first kappa shape index (κ1) is 12.5. The first-order valence-electron chi connectivity index (χ1n) is 4.94. The topological polar surface area (TPSA) is 92.3 Å². The van der Waals surface area contributed by atoms with Gasteiger partial charge in [0.15, 0.2) is 6.29 Å². The maximum absolute atomic E-state index is 10.4. The van der Waals surface area contributed by atoms with Crippen LogP contribution in [0.25, 0.3) is 0 Å². The van der Waals surface area contributed by atoms with Crippen molar-refractivity contribution in [1.82, 2.24) is 14.8 Å². The number of rotatable bonds is 7. The van der Waals surface area contributed by atoms with Crippen LogP contribution >= 0.6 is 0 Å². The fraction of sp³-hybridized carbons (Fsp3) is 0.750. The third-order valence-electron chi connectivity index (χ3n) is 1.73. The molecule has 0 N–H and O–H groups in total. The SMILES string of the molecule is CCOC(Cn1cnc([N+](=O)[O-])n1)OCC. The van der Waals surface area contributed by atoms with E-state index in [9.17, 15) is 10.1 Å². The molecule has 0 saturated carbocycles. The molecule has 8 nitrogen and oxygen atoms in total. The average molecular weight is 230 g/mol. The smallest absolute Gasteiger partial charge is 0.390 e. The molecule has 0 aliphatic carbocycles. The minimum Gasteiger partial charge on any atom is -0.390 e. The average Bonchev–Trinajstić information content (AvgIpc) is 2.67. The van der Waals surface area contributed by atoms with E-state index in [1.165, 1.54) is 11.0 Å². The molecular weight excluding hydrogens is 216 g/mol. The van der Waals surface area contributed by atoms with Crippen LogP contribution < -0.4 is 0 Å². The molecule has 1 heterocycles. The summed E-state index contributed by atoms with van der Waals surface area (Å²) in [6.07, 6.45) is 0.819. The van der Waals surface area contributed by atoms with E-state index in [0.29, 0.717) is 13.2 Å². The molecule has 0 spiro atoms. The zero-order chi connectivity index (χ0) is 12.0. The van der Waals surface area contributed by atoms with E-state index < -0.39 is 17.2 Å². The van der Waals surface area contributed by atoms with Crippen LogP contribution in [0.5, 0.6) is 0 Å². The van der Waals surface area contributed by atoms with Crippen molar-refractivity contribution in [2.24, 2.45) is 0 Å². The van der Waals surface area contributed by atoms with Gasteiger partial charge in [-0.2, -0.15) is 4.68 Å². The van der Waals surface area contributed by atoms with Gasteiger partial charge in [-0.25, -0.2) is 0 Å². The summed E-state index contributed by atoms with van der Waals surface area (Å²) in [4.78, 5) is 13.2. The van der Waals surface area contributed by atoms with Gasteiger partial charge in [-0.15, -0.1) is 0 Å². The minimum absolute atomic E-state index is 0.280. The van der Waals surface area contributed by atoms with Crippen molar-refractivity contribution in [2.75, 3.05) is 13.2 Å². The molecule has 0 saturated heterocycles. The van der Waals surface area contributed by atoms with Crippen molar-refractivity contribution in [3.05, 3.63) is 16.4 Å². The summed E-state index contributed by atoms with van der Waals surface area (Å²) in [5, 5.41) is 14.0. The molecule has 0 radical (unpaired) electrons. The predicted octanol–water partition coefficient (Wildman–Crippen LogP) is 0.585. The van der Waals surface area contributed by atoms with Crippen LogP contribution in [0.15, 0.2) is 6.33 Å². The van der Waals surface area contributed by atoms with Crippen molar-refractivity contribution in [1.29, 1.82) is 0 Å². The first-order valence-corrected chi connectivity index (χ1v) is 4.94. The van der Waals surface area contributed by atoms with Gasteiger partial charge in [0.1, 0.15) is 6.54 Å². The molecule has 0 aromatic carbocycles. The molecule has 0 amide bonds. The number of nitrogens with zero attached hydrogens (tertiary/aromatic N) is 4. The van der Waals surface area contributed by atoms with Gasteiger partial charge in [0.25, 0.3) is 0 Å². The van der Waals surface area contributed by atoms with E-state index in [0.717, 1.165) is 0 Å². The molecule has 1 aromatic heterocycles. The highest BCUT2D eigenvalue weighted by atomic mass is 16.7. The third kappa shape index (κ3) is 3.55. The van der Waals surface area contributed by atoms with E-state index in [1.54, 1.807) is 0 Å². The summed E-state index contributed by atoms with van der Waals surface area (Å²) in [6.45, 7) is 4.97. The van der Waals surface area contributed by atoms with Crippen molar-refractivity contribution < 1.29 is 14.4 Å². The van der Waals surface area contributed by atoms with Crippen LogP contribution in [-0.2, 0) is 16.0 Å². The van der Waals surface area contributed by atoms with E-state index >= 15 is 0 Å². The molecule has 0 bridgehead atoms. The van der Waals surface area contributed by atoms with Crippen LogP contribution in [0.3, 0.4) is 0 Å². The molecule has 0 aliphatic rings. The third-order valence-corrected chi connectivity index (χ3v) is 1.73. The Morgan fingerprint density at radius 2 is 2.12 bits per heavy atom. The lowest BCUT2D eigenvalue weighted by atomic mass is 10.6. The van der Waals surface area contributed by atoms with Gasteiger partial charge in [-0.3, -0.25) is 0 Å². The van der Waals surface area contributed by atoms with Crippen molar-refractivity contribution in [2.45, 2.75) is 26.7 Å². The summed E-state index contributed by atoms with van der Waals surface area (Å²) in [5.74, 6) is -0.424. The van der Waals surface area contributed by atoms with Crippen LogP contribution in [0.2, 0.25) is 0 Å². The van der Waals surface area contributed by atoms with E-state index in [1.807, 2.05) is 13.8 Å². The van der Waals surface area contributed by atoms with Crippen LogP contribution in [0.1, 0.15) is 13.8 Å². The van der Waals surface area contributed by atoms with Gasteiger partial charge < -0.3 is 19.6 Å². The Morgan fingerprint density at radius 1 is 1.50 bits per heavy atom. The molecule has 0 atom stereocenters. The Kier molecular flexibility index (Phi) is 4.80. The Morgan fingerprint density at radius 3 is 2.56 bits per heavy atom. The zero-order valence-corrected chi connectivity index (χ0v) is 9.20. The molecule has 0 fully saturated rings. The number of hydrogen-bond acceptors (Lipinski definition) is 6. The van der Waals surface area contributed by atoms with Crippen molar-refractivity contribution >= 4 is 5.95 Å². The number of ether oxygens (including phenoxy) is 2. The predicted molar refractivity (Wildman–Crippen MR) is 53.7 cm³/mol. The van der Waals surface area contributed by atoms with Gasteiger partial charge in [0.2, 0.25) is 6.33 Å². The van der Waals surface area contributed by atoms with Crippen molar-refractivity contribution in [3.63, 3.8) is 0 Å². The largest absolute Gasteiger partial charge is 0.490 e. The quantitative estimate of drug-likeness (QED) is 0.386. The fourth-order valence-corrected chi connectivity index (χ4v) is 1.13. The summed E-state index contributed by atoms with van der Waals surface area (Å²) < 4.78 is 11.9. The number of hydrogen-bond donors (Lipinski definition) is 0. The van der Waals surface area contributed by atoms with Gasteiger partial charge in [0.05, 0.1) is 0 Å². The number of nitro groups is 1. The Labute approximate surface area is 92.3 Å². The monoisotopic (exact) mass is 230 g/mol. The standard InChI is InChI=1S/C8H14N4O4/c1-3-15-7(16-4-2)5-11-6-9-8(10-11)12(13)14/h6-7H,3-5H2,1-2H3. The summed E-state index contributed by atoms with van der Waals surface area (Å²) >= 11 is 0. The molecule has 0 aliphatic heterocycles. The first-order chi connectivity index (χ1) is 7.67. The van der Waals surface area contributed by atoms with Crippen LogP contribution in [0.4, 0.5) is 5.95 Å². The Balaban J connectivity index is 2.58. The highest BCUT2D eigenvalue weighted by Crippen LogP contribution is 2.03. The van der Waals surface area contributed by atoms with E-state index in [-0.39, 0.29) is 6.54 Å². The maximum atomic E-state index is 10.4. The lowest BCUT2D eigenvalue weighted by Crippen LogP contribution is -2.24. The zero-order valence-electron chi connectivity index (χ0n) is 9.20. The molecule has 1 aromatic rings. The fourth-order valence-electron chi connectivity index (χ4n) is 1.13. The Hall–Kier alpha value is -1.54.